The first-order valence-electron chi connectivity index (χ1n) is 5.45. The zero-order chi connectivity index (χ0) is 10.1. The maximum absolute atomic E-state index is 10.7. The molecule has 0 aliphatic rings. The fourth-order valence-electron chi connectivity index (χ4n) is 1.50. The molecule has 0 aliphatic heterocycles. The molecule has 0 aliphatic carbocycles. The Kier molecular flexibility index (Phi) is 15.2. The summed E-state index contributed by atoms with van der Waals surface area (Å²) in [6.07, 6.45) is 7.67. The van der Waals surface area contributed by atoms with Crippen LogP contribution in [-0.4, -0.2) is 11.1 Å². The maximum atomic E-state index is 10.7. The van der Waals surface area contributed by atoms with Crippen molar-refractivity contribution in [2.75, 3.05) is 0 Å². The third-order valence-electron chi connectivity index (χ3n) is 2.50. The SMILES string of the molecule is CCCCCCCC(CC)C(=O)O.[H-].[K+]. The molecule has 0 aromatic carbocycles. The van der Waals surface area contributed by atoms with Crippen LogP contribution in [-0.2, 0) is 4.79 Å². The van der Waals surface area contributed by atoms with Crippen LogP contribution in [0.25, 0.3) is 0 Å². The molecule has 1 N–H and O–H groups in total. The Labute approximate surface area is 132 Å². The standard InChI is InChI=1S/C11H22O2.K.H/c1-3-5-6-7-8-9-10(4-2)11(12)13;;/h10H,3-9H2,1-2H3,(H,12,13);;/q;+1;-1. The van der Waals surface area contributed by atoms with E-state index in [9.17, 15) is 4.79 Å². The number of hydrogen-bond donors (Lipinski definition) is 1. The molecule has 2 nitrogen and oxygen atoms in total. The first-order valence-corrected chi connectivity index (χ1v) is 5.45. The van der Waals surface area contributed by atoms with Gasteiger partial charge in [0.15, 0.2) is 0 Å². The van der Waals surface area contributed by atoms with Crippen molar-refractivity contribution in [1.29, 1.82) is 0 Å². The molecule has 1 atom stereocenters. The first-order chi connectivity index (χ1) is 6.22. The fraction of sp³-hybridized carbons (Fsp3) is 0.909. The monoisotopic (exact) mass is 226 g/mol. The molecule has 0 aromatic rings. The van der Waals surface area contributed by atoms with Crippen molar-refractivity contribution in [1.82, 2.24) is 0 Å². The van der Waals surface area contributed by atoms with Crippen molar-refractivity contribution in [3.05, 3.63) is 0 Å². The van der Waals surface area contributed by atoms with Crippen molar-refractivity contribution in [3.63, 3.8) is 0 Å². The van der Waals surface area contributed by atoms with Crippen LogP contribution in [0.1, 0.15) is 60.2 Å². The summed E-state index contributed by atoms with van der Waals surface area (Å²) >= 11 is 0. The fourth-order valence-corrected chi connectivity index (χ4v) is 1.50. The van der Waals surface area contributed by atoms with Crippen LogP contribution in [0.15, 0.2) is 0 Å². The Balaban J connectivity index is -0.000000720. The molecule has 0 fully saturated rings. The number of rotatable bonds is 8. The second kappa shape index (κ2) is 12.2. The average Bonchev–Trinajstić information content (AvgIpc) is 2.10. The molecule has 14 heavy (non-hydrogen) atoms. The molecule has 3 heteroatoms. The van der Waals surface area contributed by atoms with E-state index < -0.39 is 5.97 Å². The van der Waals surface area contributed by atoms with Crippen LogP contribution < -0.4 is 51.4 Å². The average molecular weight is 226 g/mol. The van der Waals surface area contributed by atoms with Gasteiger partial charge in [0.2, 0.25) is 0 Å². The van der Waals surface area contributed by atoms with Gasteiger partial charge in [-0.15, -0.1) is 0 Å². The van der Waals surface area contributed by atoms with Gasteiger partial charge in [0.25, 0.3) is 0 Å². The molecule has 0 saturated heterocycles. The maximum Gasteiger partial charge on any atom is 1.00 e. The minimum absolute atomic E-state index is 0. The molecule has 0 heterocycles. The molecule has 0 spiro atoms. The second-order valence-corrected chi connectivity index (χ2v) is 3.65. The number of aliphatic carboxylic acids is 1. The van der Waals surface area contributed by atoms with E-state index in [0.29, 0.717) is 0 Å². The summed E-state index contributed by atoms with van der Waals surface area (Å²) < 4.78 is 0. The number of carbonyl (C=O) groups is 1. The van der Waals surface area contributed by atoms with Gasteiger partial charge in [-0.25, -0.2) is 0 Å². The van der Waals surface area contributed by atoms with Gasteiger partial charge < -0.3 is 6.53 Å². The van der Waals surface area contributed by atoms with E-state index in [1.165, 1.54) is 25.7 Å². The van der Waals surface area contributed by atoms with Crippen LogP contribution in [0.3, 0.4) is 0 Å². The zero-order valence-corrected chi connectivity index (χ0v) is 13.0. The van der Waals surface area contributed by atoms with Crippen LogP contribution in [0.2, 0.25) is 0 Å². The third kappa shape index (κ3) is 9.65. The third-order valence-corrected chi connectivity index (χ3v) is 2.50. The van der Waals surface area contributed by atoms with Gasteiger partial charge in [-0.05, 0) is 12.8 Å². The van der Waals surface area contributed by atoms with E-state index in [2.05, 4.69) is 6.92 Å². The predicted molar refractivity (Wildman–Crippen MR) is 55.9 cm³/mol. The summed E-state index contributed by atoms with van der Waals surface area (Å²) in [7, 11) is 0. The summed E-state index contributed by atoms with van der Waals surface area (Å²) in [5.41, 5.74) is 0. The van der Waals surface area contributed by atoms with Crippen molar-refractivity contribution in [2.45, 2.75) is 58.8 Å². The van der Waals surface area contributed by atoms with Gasteiger partial charge in [0.1, 0.15) is 0 Å². The second-order valence-electron chi connectivity index (χ2n) is 3.65. The molecule has 1 unspecified atom stereocenters. The van der Waals surface area contributed by atoms with Crippen LogP contribution in [0.4, 0.5) is 0 Å². The van der Waals surface area contributed by atoms with Gasteiger partial charge in [-0.1, -0.05) is 46.0 Å². The van der Waals surface area contributed by atoms with E-state index in [1.807, 2.05) is 6.92 Å². The molecule has 0 radical (unpaired) electrons. The summed E-state index contributed by atoms with van der Waals surface area (Å²) in [4.78, 5) is 10.7. The van der Waals surface area contributed by atoms with Gasteiger partial charge in [-0.2, -0.15) is 0 Å². The van der Waals surface area contributed by atoms with Gasteiger partial charge in [0.05, 0.1) is 5.92 Å². The molecule has 0 aromatic heterocycles. The van der Waals surface area contributed by atoms with Gasteiger partial charge in [0, 0.05) is 0 Å². The van der Waals surface area contributed by atoms with E-state index in [4.69, 9.17) is 5.11 Å². The summed E-state index contributed by atoms with van der Waals surface area (Å²) in [5.74, 6) is -0.736. The number of carboxylic acid groups (broad SMARTS) is 1. The number of hydrogen-bond acceptors (Lipinski definition) is 1. The Morgan fingerprint density at radius 3 is 2.21 bits per heavy atom. The van der Waals surface area contributed by atoms with E-state index in [1.54, 1.807) is 0 Å². The molecule has 0 saturated carbocycles. The zero-order valence-electron chi connectivity index (χ0n) is 10.9. The van der Waals surface area contributed by atoms with Crippen LogP contribution in [0.5, 0.6) is 0 Å². The van der Waals surface area contributed by atoms with Gasteiger partial charge >= 0.3 is 57.4 Å². The van der Waals surface area contributed by atoms with Gasteiger partial charge in [-0.3, -0.25) is 4.79 Å². The molecule has 0 rings (SSSR count). The Morgan fingerprint density at radius 2 is 1.79 bits per heavy atom. The topological polar surface area (TPSA) is 37.3 Å². The van der Waals surface area contributed by atoms with Crippen molar-refractivity contribution in [2.24, 2.45) is 5.92 Å². The van der Waals surface area contributed by atoms with Crippen molar-refractivity contribution >= 4 is 5.97 Å². The normalized spacial score (nSPS) is 11.9. The first kappa shape index (κ1) is 17.5. The number of unbranched alkanes of at least 4 members (excludes halogenated alkanes) is 4. The summed E-state index contributed by atoms with van der Waals surface area (Å²) in [6.45, 7) is 4.14. The van der Waals surface area contributed by atoms with E-state index in [-0.39, 0.29) is 58.7 Å². The molecule has 0 bridgehead atoms. The van der Waals surface area contributed by atoms with E-state index >= 15 is 0 Å². The Morgan fingerprint density at radius 1 is 1.21 bits per heavy atom. The molecular weight excluding hydrogens is 203 g/mol. The Bertz CT molecular complexity index is 143. The molecule has 0 amide bonds. The minimum Gasteiger partial charge on any atom is -1.00 e. The quantitative estimate of drug-likeness (QED) is 0.485. The summed E-state index contributed by atoms with van der Waals surface area (Å²) in [5, 5.41) is 8.78. The van der Waals surface area contributed by atoms with E-state index in [0.717, 1.165) is 19.3 Å². The predicted octanol–water partition coefficient (Wildman–Crippen LogP) is 0.574. The summed E-state index contributed by atoms with van der Waals surface area (Å²) in [6, 6.07) is 0. The van der Waals surface area contributed by atoms with Crippen LogP contribution in [0, 0.1) is 5.92 Å². The molecule has 80 valence electrons. The number of carboxylic acids is 1. The van der Waals surface area contributed by atoms with Crippen molar-refractivity contribution < 1.29 is 62.7 Å². The minimum atomic E-state index is -0.627. The molecular formula is C11H23KO2. The Hall–Kier alpha value is 1.11. The van der Waals surface area contributed by atoms with Crippen LogP contribution >= 0.6 is 0 Å². The van der Waals surface area contributed by atoms with Crippen molar-refractivity contribution in [3.8, 4) is 0 Å². The smallest absolute Gasteiger partial charge is 1.00 e. The largest absolute Gasteiger partial charge is 1.00 e.